The number of nitrogens with two attached hydrogens (primary N) is 1. The quantitative estimate of drug-likeness (QED) is 0.467. The van der Waals surface area contributed by atoms with Crippen molar-refractivity contribution < 1.29 is 14.4 Å². The zero-order valence-electron chi connectivity index (χ0n) is 13.3. The van der Waals surface area contributed by atoms with Crippen LogP contribution in [0.4, 0.5) is 0 Å². The number of likely N-dealkylation sites (tertiary alicyclic amines) is 1. The highest BCUT2D eigenvalue weighted by Gasteiger charge is 2.23. The van der Waals surface area contributed by atoms with Crippen LogP contribution in [-0.2, 0) is 4.79 Å². The lowest BCUT2D eigenvalue weighted by atomic mass is 9.92. The molecule has 0 radical (unpaired) electrons. The molecule has 0 bridgehead atoms. The minimum Gasteiger partial charge on any atom is -0.364 e. The van der Waals surface area contributed by atoms with Crippen molar-refractivity contribution in [2.24, 2.45) is 11.7 Å². The van der Waals surface area contributed by atoms with Crippen LogP contribution in [0.15, 0.2) is 5.38 Å². The molecular formula is C15H21N5O3S. The van der Waals surface area contributed by atoms with Gasteiger partial charge in [0.2, 0.25) is 5.91 Å². The van der Waals surface area contributed by atoms with E-state index in [9.17, 15) is 14.4 Å². The predicted octanol–water partition coefficient (Wildman–Crippen LogP) is 0.640. The second-order valence-electron chi connectivity index (χ2n) is 5.76. The minimum absolute atomic E-state index is 0.0507. The molecule has 4 N–H and O–H groups in total. The predicted molar refractivity (Wildman–Crippen MR) is 90.3 cm³/mol. The molecule has 130 valence electrons. The summed E-state index contributed by atoms with van der Waals surface area (Å²) in [6, 6.07) is 0. The van der Waals surface area contributed by atoms with Gasteiger partial charge in [-0.2, -0.15) is 0 Å². The summed E-state index contributed by atoms with van der Waals surface area (Å²) in [7, 11) is 0. The standard InChI is InChI=1S/C15H21N5O3S/c16-4-1-13(22)18-9-20-5-2-10(3-6-20)7-12(21)15-19-11(8-24-15)14(17)23/h4,8,10,16H,1-3,5-7,9H2,(H2,17,23)(H,18,22). The number of hydrogen-bond donors (Lipinski definition) is 3. The first-order valence-corrected chi connectivity index (χ1v) is 8.64. The van der Waals surface area contributed by atoms with E-state index in [1.165, 1.54) is 5.38 Å². The van der Waals surface area contributed by atoms with Crippen molar-refractivity contribution in [3.63, 3.8) is 0 Å². The van der Waals surface area contributed by atoms with E-state index in [0.717, 1.165) is 43.5 Å². The molecule has 1 aliphatic heterocycles. The highest BCUT2D eigenvalue weighted by Crippen LogP contribution is 2.23. The Labute approximate surface area is 143 Å². The Balaban J connectivity index is 1.74. The fraction of sp³-hybridized carbons (Fsp3) is 0.533. The van der Waals surface area contributed by atoms with Gasteiger partial charge in [-0.25, -0.2) is 4.98 Å². The molecule has 8 nitrogen and oxygen atoms in total. The Morgan fingerprint density at radius 2 is 2.12 bits per heavy atom. The lowest BCUT2D eigenvalue weighted by Crippen LogP contribution is -2.42. The largest absolute Gasteiger partial charge is 0.364 e. The summed E-state index contributed by atoms with van der Waals surface area (Å²) in [4.78, 5) is 40.7. The number of ketones is 1. The Bertz CT molecular complexity index is 622. The summed E-state index contributed by atoms with van der Waals surface area (Å²) in [5.74, 6) is -0.544. The first-order valence-electron chi connectivity index (χ1n) is 7.76. The minimum atomic E-state index is -0.622. The molecule has 0 aliphatic carbocycles. The van der Waals surface area contributed by atoms with Crippen molar-refractivity contribution in [2.75, 3.05) is 19.8 Å². The zero-order chi connectivity index (χ0) is 17.5. The van der Waals surface area contributed by atoms with Gasteiger partial charge >= 0.3 is 0 Å². The summed E-state index contributed by atoms with van der Waals surface area (Å²) in [5.41, 5.74) is 5.28. The van der Waals surface area contributed by atoms with Crippen LogP contribution < -0.4 is 11.1 Å². The number of carbonyl (C=O) groups excluding carboxylic acids is 3. The molecule has 1 saturated heterocycles. The second-order valence-corrected chi connectivity index (χ2v) is 6.62. The van der Waals surface area contributed by atoms with Gasteiger partial charge < -0.3 is 16.5 Å². The fourth-order valence-corrected chi connectivity index (χ4v) is 3.34. The van der Waals surface area contributed by atoms with Crippen LogP contribution in [0.3, 0.4) is 0 Å². The maximum atomic E-state index is 12.2. The van der Waals surface area contributed by atoms with Gasteiger partial charge in [-0.1, -0.05) is 0 Å². The van der Waals surface area contributed by atoms with Crippen molar-refractivity contribution in [3.05, 3.63) is 16.1 Å². The number of Topliss-reactive ketones (excluding diaryl/α,β-unsaturated/α-hetero) is 1. The molecular weight excluding hydrogens is 330 g/mol. The van der Waals surface area contributed by atoms with E-state index in [-0.39, 0.29) is 29.7 Å². The van der Waals surface area contributed by atoms with Crippen molar-refractivity contribution in [3.8, 4) is 0 Å². The number of amides is 2. The van der Waals surface area contributed by atoms with Crippen LogP contribution in [0.1, 0.15) is 46.0 Å². The number of carbonyl (C=O) groups is 3. The second kappa shape index (κ2) is 8.65. The number of aromatic nitrogens is 1. The normalized spacial score (nSPS) is 15.8. The molecule has 2 amide bonds. The highest BCUT2D eigenvalue weighted by molar-refractivity contribution is 7.11. The van der Waals surface area contributed by atoms with Gasteiger partial charge in [0.1, 0.15) is 5.69 Å². The summed E-state index contributed by atoms with van der Waals surface area (Å²) in [6.07, 6.45) is 3.35. The third kappa shape index (κ3) is 5.20. The number of piperidine rings is 1. The van der Waals surface area contributed by atoms with Gasteiger partial charge in [-0.3, -0.25) is 19.3 Å². The molecule has 1 aromatic heterocycles. The smallest absolute Gasteiger partial charge is 0.268 e. The molecule has 0 unspecified atom stereocenters. The van der Waals surface area contributed by atoms with Gasteiger partial charge in [0.15, 0.2) is 10.8 Å². The van der Waals surface area contributed by atoms with E-state index < -0.39 is 5.91 Å². The molecule has 1 aliphatic rings. The average molecular weight is 351 g/mol. The molecule has 1 aromatic rings. The van der Waals surface area contributed by atoms with Crippen molar-refractivity contribution in [1.29, 1.82) is 5.41 Å². The fourth-order valence-electron chi connectivity index (χ4n) is 2.58. The molecule has 24 heavy (non-hydrogen) atoms. The first-order chi connectivity index (χ1) is 11.5. The lowest BCUT2D eigenvalue weighted by Gasteiger charge is -2.31. The van der Waals surface area contributed by atoms with Crippen LogP contribution >= 0.6 is 11.3 Å². The number of rotatable bonds is 8. The summed E-state index contributed by atoms with van der Waals surface area (Å²) < 4.78 is 0. The van der Waals surface area contributed by atoms with E-state index in [4.69, 9.17) is 11.1 Å². The summed E-state index contributed by atoms with van der Waals surface area (Å²) >= 11 is 1.15. The van der Waals surface area contributed by atoms with Crippen LogP contribution in [0.25, 0.3) is 0 Å². The Hall–Kier alpha value is -2.13. The van der Waals surface area contributed by atoms with Crippen molar-refractivity contribution in [1.82, 2.24) is 15.2 Å². The number of nitrogens with zero attached hydrogens (tertiary/aromatic N) is 2. The summed E-state index contributed by atoms with van der Waals surface area (Å²) in [6.45, 7) is 2.10. The number of nitrogens with one attached hydrogen (secondary N) is 2. The monoisotopic (exact) mass is 351 g/mol. The van der Waals surface area contributed by atoms with Crippen LogP contribution in [0.5, 0.6) is 0 Å². The SMILES string of the molecule is N=CCC(=O)NCN1CCC(CC(=O)c2nc(C(N)=O)cs2)CC1. The van der Waals surface area contributed by atoms with Gasteiger partial charge in [-0.15, -0.1) is 11.3 Å². The molecule has 0 atom stereocenters. The van der Waals surface area contributed by atoms with Crippen molar-refractivity contribution in [2.45, 2.75) is 25.7 Å². The zero-order valence-corrected chi connectivity index (χ0v) is 14.1. The molecule has 0 aromatic carbocycles. The van der Waals surface area contributed by atoms with Gasteiger partial charge in [0, 0.05) is 31.1 Å². The van der Waals surface area contributed by atoms with E-state index in [1.54, 1.807) is 0 Å². The van der Waals surface area contributed by atoms with Crippen LogP contribution in [0.2, 0.25) is 0 Å². The maximum Gasteiger partial charge on any atom is 0.268 e. The molecule has 0 saturated carbocycles. The van der Waals surface area contributed by atoms with E-state index >= 15 is 0 Å². The molecule has 9 heteroatoms. The molecule has 0 spiro atoms. The number of thiazole rings is 1. The molecule has 1 fully saturated rings. The van der Waals surface area contributed by atoms with Gasteiger partial charge in [0.25, 0.3) is 5.91 Å². The highest BCUT2D eigenvalue weighted by atomic mass is 32.1. The average Bonchev–Trinajstić information content (AvgIpc) is 3.05. The lowest BCUT2D eigenvalue weighted by molar-refractivity contribution is -0.120. The number of hydrogen-bond acceptors (Lipinski definition) is 7. The Morgan fingerprint density at radius 1 is 1.42 bits per heavy atom. The van der Waals surface area contributed by atoms with Gasteiger partial charge in [-0.05, 0) is 18.8 Å². The van der Waals surface area contributed by atoms with Gasteiger partial charge in [0.05, 0.1) is 13.1 Å². The third-order valence-corrected chi connectivity index (χ3v) is 4.85. The topological polar surface area (TPSA) is 129 Å². The first kappa shape index (κ1) is 18.2. The van der Waals surface area contributed by atoms with Crippen LogP contribution in [-0.4, -0.2) is 53.5 Å². The number of primary amides is 1. The van der Waals surface area contributed by atoms with Crippen molar-refractivity contribution >= 4 is 35.1 Å². The van der Waals surface area contributed by atoms with Crippen LogP contribution in [0, 0.1) is 11.3 Å². The molecule has 2 heterocycles. The molecule has 2 rings (SSSR count). The van der Waals surface area contributed by atoms with E-state index in [2.05, 4.69) is 15.2 Å². The van der Waals surface area contributed by atoms with E-state index in [0.29, 0.717) is 18.1 Å². The maximum absolute atomic E-state index is 12.2. The Kier molecular flexibility index (Phi) is 6.56. The van der Waals surface area contributed by atoms with E-state index in [1.807, 2.05) is 0 Å². The Morgan fingerprint density at radius 3 is 2.71 bits per heavy atom. The third-order valence-electron chi connectivity index (χ3n) is 3.96. The summed E-state index contributed by atoms with van der Waals surface area (Å²) in [5, 5.41) is 11.5.